The van der Waals surface area contributed by atoms with Crippen molar-refractivity contribution in [3.63, 3.8) is 0 Å². The Labute approximate surface area is 272 Å². The van der Waals surface area contributed by atoms with E-state index in [1.807, 2.05) is 46.3 Å². The summed E-state index contributed by atoms with van der Waals surface area (Å²) >= 11 is 0. The van der Waals surface area contributed by atoms with Crippen LogP contribution in [0.25, 0.3) is 32.8 Å². The fourth-order valence-electron chi connectivity index (χ4n) is 6.28. The largest absolute Gasteiger partial charge is 0.512 e. The summed E-state index contributed by atoms with van der Waals surface area (Å²) in [6.45, 7) is 20.0. The molecule has 2 aromatic heterocycles. The molecule has 2 aromatic carbocycles. The Kier molecular flexibility index (Phi) is 11.3. The quantitative estimate of drug-likeness (QED) is 0.0840. The van der Waals surface area contributed by atoms with Gasteiger partial charge in [-0.25, -0.2) is 0 Å². The number of rotatable bonds is 8. The summed E-state index contributed by atoms with van der Waals surface area (Å²) in [5.74, 6) is 0.547. The molecule has 0 spiro atoms. The van der Waals surface area contributed by atoms with Crippen LogP contribution >= 0.6 is 0 Å². The van der Waals surface area contributed by atoms with E-state index in [2.05, 4.69) is 74.9 Å². The number of carbonyl (C=O) groups excluding carboxylic acids is 1. The van der Waals surface area contributed by atoms with Gasteiger partial charge in [-0.15, -0.1) is 23.3 Å². The molecule has 1 aliphatic carbocycles. The molecule has 6 heteroatoms. The Hall–Kier alpha value is -2.66. The van der Waals surface area contributed by atoms with E-state index >= 15 is 0 Å². The first-order chi connectivity index (χ1) is 19.9. The predicted octanol–water partition coefficient (Wildman–Crippen LogP) is 9.30. The number of hydrogen-bond donors (Lipinski definition) is 1. The Bertz CT molecular complexity index is 1630. The van der Waals surface area contributed by atoms with E-state index in [0.717, 1.165) is 36.9 Å². The van der Waals surface area contributed by atoms with Crippen LogP contribution in [0.15, 0.2) is 60.8 Å². The fourth-order valence-corrected chi connectivity index (χ4v) is 7.45. The van der Waals surface area contributed by atoms with Gasteiger partial charge in [-0.2, -0.15) is 0 Å². The summed E-state index contributed by atoms with van der Waals surface area (Å²) in [7, 11) is -1.44. The van der Waals surface area contributed by atoms with Crippen molar-refractivity contribution >= 4 is 40.6 Å². The Balaban J connectivity index is 0.000000274. The maximum Gasteiger partial charge on any atom is 0.162 e. The third kappa shape index (κ3) is 6.87. The summed E-state index contributed by atoms with van der Waals surface area (Å²) in [4.78, 5) is 20.9. The molecule has 0 atom stereocenters. The molecule has 0 saturated carbocycles. The number of fused-ring (bicyclic) bond motifs is 4. The van der Waals surface area contributed by atoms with Crippen molar-refractivity contribution in [1.82, 2.24) is 9.97 Å². The molecular weight excluding hydrogens is 725 g/mol. The Morgan fingerprint density at radius 1 is 0.977 bits per heavy atom. The first-order valence-corrected chi connectivity index (χ1v) is 19.1. The molecular formula is C37H47IrN2O2Si-. The number of aliphatic hydroxyl groups excluding tert-OH is 1. The molecule has 2 heterocycles. The normalized spacial score (nSPS) is 13.9. The first-order valence-electron chi connectivity index (χ1n) is 15.6. The average Bonchev–Trinajstić information content (AvgIpc) is 2.96. The zero-order valence-electron chi connectivity index (χ0n) is 27.3. The van der Waals surface area contributed by atoms with Crippen molar-refractivity contribution in [2.75, 3.05) is 0 Å². The molecule has 1 radical (unpaired) electrons. The molecule has 5 rings (SSSR count). The van der Waals surface area contributed by atoms with Gasteiger partial charge in [-0.3, -0.25) is 9.78 Å². The van der Waals surface area contributed by atoms with Gasteiger partial charge in [0.2, 0.25) is 0 Å². The van der Waals surface area contributed by atoms with Gasteiger partial charge in [0.05, 0.1) is 13.8 Å². The fraction of sp³-hybridized carbons (Fsp3) is 0.432. The molecule has 0 aliphatic heterocycles. The number of hydrogen-bond acceptors (Lipinski definition) is 4. The minimum Gasteiger partial charge on any atom is -0.512 e. The summed E-state index contributed by atoms with van der Waals surface area (Å²) < 4.78 is 0. The SMILES string of the molecule is CC1(C)c2c([c-]cc3ccncc23)-c2nccc3cc([Si](C)(C)C)cc1c23.CCC(CC)C(=O)/C=C(\O)C(CC)CC.[Ir]. The van der Waals surface area contributed by atoms with E-state index in [-0.39, 0.29) is 48.9 Å². The number of ketones is 1. The van der Waals surface area contributed by atoms with Crippen molar-refractivity contribution in [3.05, 3.63) is 78.0 Å². The van der Waals surface area contributed by atoms with Crippen LogP contribution in [0, 0.1) is 17.9 Å². The second-order valence-corrected chi connectivity index (χ2v) is 18.2. The first kappa shape index (κ1) is 34.8. The third-order valence-corrected chi connectivity index (χ3v) is 11.1. The summed E-state index contributed by atoms with van der Waals surface area (Å²) in [6, 6.07) is 14.7. The molecule has 0 bridgehead atoms. The molecule has 231 valence electrons. The van der Waals surface area contributed by atoms with Gasteiger partial charge in [-0.05, 0) is 59.2 Å². The van der Waals surface area contributed by atoms with Gasteiger partial charge in [-0.1, -0.05) is 95.3 Å². The van der Waals surface area contributed by atoms with Crippen LogP contribution in [0.2, 0.25) is 19.6 Å². The number of nitrogens with zero attached hydrogens (tertiary/aromatic N) is 2. The molecule has 43 heavy (non-hydrogen) atoms. The van der Waals surface area contributed by atoms with E-state index in [1.165, 1.54) is 43.9 Å². The van der Waals surface area contributed by atoms with Gasteiger partial charge in [0.25, 0.3) is 0 Å². The summed E-state index contributed by atoms with van der Waals surface area (Å²) in [6.07, 6.45) is 10.7. The topological polar surface area (TPSA) is 63.1 Å². The van der Waals surface area contributed by atoms with Crippen LogP contribution in [-0.2, 0) is 30.3 Å². The number of carbonyl (C=O) groups is 1. The van der Waals surface area contributed by atoms with Gasteiger partial charge in [0, 0.05) is 56.6 Å². The maximum atomic E-state index is 11.7. The van der Waals surface area contributed by atoms with Crippen LogP contribution in [0.3, 0.4) is 0 Å². The molecule has 0 saturated heterocycles. The van der Waals surface area contributed by atoms with Gasteiger partial charge in [0.1, 0.15) is 0 Å². The number of pyridine rings is 2. The molecule has 4 aromatic rings. The van der Waals surface area contributed by atoms with Crippen molar-refractivity contribution in [2.24, 2.45) is 11.8 Å². The summed E-state index contributed by atoms with van der Waals surface area (Å²) in [5, 5.41) is 16.2. The van der Waals surface area contributed by atoms with Gasteiger partial charge in [0.15, 0.2) is 5.78 Å². The van der Waals surface area contributed by atoms with Crippen LogP contribution < -0.4 is 5.19 Å². The molecule has 1 aliphatic rings. The summed E-state index contributed by atoms with van der Waals surface area (Å²) in [5.41, 5.74) is 4.74. The van der Waals surface area contributed by atoms with Crippen molar-refractivity contribution in [3.8, 4) is 11.3 Å². The van der Waals surface area contributed by atoms with E-state index < -0.39 is 8.07 Å². The van der Waals surface area contributed by atoms with Crippen molar-refractivity contribution in [2.45, 2.75) is 92.3 Å². The van der Waals surface area contributed by atoms with Gasteiger partial charge < -0.3 is 10.1 Å². The average molecular weight is 772 g/mol. The number of aromatic nitrogens is 2. The third-order valence-electron chi connectivity index (χ3n) is 9.09. The zero-order valence-corrected chi connectivity index (χ0v) is 30.7. The van der Waals surface area contributed by atoms with Crippen LogP contribution in [0.1, 0.15) is 78.4 Å². The molecule has 0 amide bonds. The van der Waals surface area contributed by atoms with E-state index in [9.17, 15) is 9.90 Å². The van der Waals surface area contributed by atoms with E-state index in [4.69, 9.17) is 4.98 Å². The molecule has 1 N–H and O–H groups in total. The standard InChI is InChI=1S/C24H23N2Si.C13H24O2.Ir/c1-24(2)20-13-17(27(3,4)5)12-16-9-11-26-23(21(16)20)18-7-6-15-8-10-25-14-19(15)22(18)24;1-5-10(6-2)12(14)9-13(15)11(7-3)8-4;/h6,8-14H,1-5H3;9-11,14H,5-8H2,1-4H3;/q-1;;/b;12-9-;. The smallest absolute Gasteiger partial charge is 0.162 e. The van der Waals surface area contributed by atoms with E-state index in [1.54, 1.807) is 0 Å². The Morgan fingerprint density at radius 2 is 1.60 bits per heavy atom. The van der Waals surface area contributed by atoms with Crippen LogP contribution in [0.4, 0.5) is 0 Å². The minimum absolute atomic E-state index is 0. The molecule has 0 unspecified atom stereocenters. The van der Waals surface area contributed by atoms with Crippen molar-refractivity contribution in [1.29, 1.82) is 0 Å². The molecule has 4 nitrogen and oxygen atoms in total. The number of aliphatic hydroxyl groups is 1. The second kappa shape index (κ2) is 14.0. The minimum atomic E-state index is -1.44. The Morgan fingerprint density at radius 3 is 2.21 bits per heavy atom. The monoisotopic (exact) mass is 772 g/mol. The maximum absolute atomic E-state index is 11.7. The van der Waals surface area contributed by atoms with Gasteiger partial charge >= 0.3 is 0 Å². The zero-order chi connectivity index (χ0) is 30.8. The molecule has 0 fully saturated rings. The van der Waals surface area contributed by atoms with Crippen molar-refractivity contribution < 1.29 is 30.0 Å². The van der Waals surface area contributed by atoms with Crippen LogP contribution in [0.5, 0.6) is 0 Å². The predicted molar refractivity (Wildman–Crippen MR) is 180 cm³/mol. The number of benzene rings is 2. The second-order valence-electron chi connectivity index (χ2n) is 13.2. The number of allylic oxidation sites excluding steroid dienone is 2. The van der Waals surface area contributed by atoms with E-state index in [0.29, 0.717) is 0 Å². The van der Waals surface area contributed by atoms with Crippen LogP contribution in [-0.4, -0.2) is 28.9 Å².